The number of hydrogen-bond acceptors (Lipinski definition) is 1. The van der Waals surface area contributed by atoms with Crippen LogP contribution in [0.4, 0.5) is 17.6 Å². The third kappa shape index (κ3) is 4.54. The highest BCUT2D eigenvalue weighted by molar-refractivity contribution is 4.69. The van der Waals surface area contributed by atoms with E-state index in [2.05, 4.69) is 4.74 Å². The third-order valence-corrected chi connectivity index (χ3v) is 1.34. The van der Waals surface area contributed by atoms with Crippen LogP contribution in [0.2, 0.25) is 0 Å². The van der Waals surface area contributed by atoms with E-state index >= 15 is 0 Å². The number of ether oxygens (including phenoxy) is 1. The van der Waals surface area contributed by atoms with E-state index in [1.54, 1.807) is 6.92 Å². The molecule has 12 heavy (non-hydrogen) atoms. The van der Waals surface area contributed by atoms with Gasteiger partial charge in [-0.15, -0.1) is 0 Å². The van der Waals surface area contributed by atoms with Crippen LogP contribution in [0, 0.1) is 0 Å². The normalized spacial score (nSPS) is 16.5. The summed E-state index contributed by atoms with van der Waals surface area (Å²) in [6.07, 6.45) is -6.68. The van der Waals surface area contributed by atoms with Crippen molar-refractivity contribution < 1.29 is 22.3 Å². The van der Waals surface area contributed by atoms with E-state index in [4.69, 9.17) is 0 Å². The molecule has 74 valence electrons. The lowest BCUT2D eigenvalue weighted by molar-refractivity contribution is -0.0392. The molecule has 0 aliphatic rings. The Kier molecular flexibility index (Phi) is 6.06. The number of halogens is 4. The molecule has 0 heterocycles. The molecule has 0 saturated heterocycles. The maximum absolute atomic E-state index is 12.5. The summed E-state index contributed by atoms with van der Waals surface area (Å²) in [7, 11) is 0. The Labute approximate surface area is 68.7 Å². The lowest BCUT2D eigenvalue weighted by Crippen LogP contribution is -2.29. The van der Waals surface area contributed by atoms with E-state index in [9.17, 15) is 17.6 Å². The quantitative estimate of drug-likeness (QED) is 0.581. The van der Waals surface area contributed by atoms with Crippen LogP contribution in [0.1, 0.15) is 13.3 Å². The van der Waals surface area contributed by atoms with Gasteiger partial charge in [0.2, 0.25) is 6.43 Å². The minimum absolute atomic E-state index is 0.109. The lowest BCUT2D eigenvalue weighted by Gasteiger charge is -2.18. The highest BCUT2D eigenvalue weighted by Crippen LogP contribution is 2.14. The van der Waals surface area contributed by atoms with Crippen molar-refractivity contribution in [3.05, 3.63) is 0 Å². The van der Waals surface area contributed by atoms with Crippen LogP contribution in [0.15, 0.2) is 0 Å². The zero-order valence-electron chi connectivity index (χ0n) is 6.77. The summed E-state index contributed by atoms with van der Waals surface area (Å²) in [6, 6.07) is 0. The predicted molar refractivity (Wildman–Crippen MR) is 36.9 cm³/mol. The average molecular weight is 188 g/mol. The van der Waals surface area contributed by atoms with Crippen molar-refractivity contribution in [3.63, 3.8) is 0 Å². The maximum Gasteiger partial charge on any atom is 0.241 e. The average Bonchev–Trinajstić information content (AvgIpc) is 2.01. The second-order valence-corrected chi connectivity index (χ2v) is 2.29. The molecule has 2 atom stereocenters. The van der Waals surface area contributed by atoms with Crippen LogP contribution in [0.3, 0.4) is 0 Å². The highest BCUT2D eigenvalue weighted by Gasteiger charge is 2.24. The number of alkyl halides is 4. The van der Waals surface area contributed by atoms with Crippen molar-refractivity contribution >= 4 is 0 Å². The van der Waals surface area contributed by atoms with Crippen molar-refractivity contribution in [2.45, 2.75) is 32.0 Å². The van der Waals surface area contributed by atoms with E-state index in [-0.39, 0.29) is 6.61 Å². The molecular formula is C7H12F4O. The van der Waals surface area contributed by atoms with Crippen LogP contribution in [0.25, 0.3) is 0 Å². The monoisotopic (exact) mass is 188 g/mol. The molecule has 0 spiro atoms. The fourth-order valence-electron chi connectivity index (χ4n) is 0.809. The first kappa shape index (κ1) is 11.7. The second-order valence-electron chi connectivity index (χ2n) is 2.29. The summed E-state index contributed by atoms with van der Waals surface area (Å²) in [4.78, 5) is 0. The minimum Gasteiger partial charge on any atom is -0.375 e. The Hall–Kier alpha value is -0.320. The molecule has 0 N–H and O–H groups in total. The zero-order valence-corrected chi connectivity index (χ0v) is 6.77. The topological polar surface area (TPSA) is 9.23 Å². The lowest BCUT2D eigenvalue weighted by atomic mass is 10.2. The fraction of sp³-hybridized carbons (Fsp3) is 1.00. The Balaban J connectivity index is 3.84. The van der Waals surface area contributed by atoms with Crippen molar-refractivity contribution in [3.8, 4) is 0 Å². The Morgan fingerprint density at radius 1 is 1.25 bits per heavy atom. The van der Waals surface area contributed by atoms with Crippen molar-refractivity contribution in [2.24, 2.45) is 0 Å². The molecular weight excluding hydrogens is 176 g/mol. The summed E-state index contributed by atoms with van der Waals surface area (Å²) in [5.74, 6) is 0. The predicted octanol–water partition coefficient (Wildman–Crippen LogP) is 2.35. The molecule has 0 aromatic rings. The van der Waals surface area contributed by atoms with Gasteiger partial charge < -0.3 is 4.74 Å². The summed E-state index contributed by atoms with van der Waals surface area (Å²) in [5, 5.41) is 0. The molecule has 0 radical (unpaired) electrons. The van der Waals surface area contributed by atoms with Gasteiger partial charge in [0, 0.05) is 13.0 Å². The van der Waals surface area contributed by atoms with Crippen molar-refractivity contribution in [1.29, 1.82) is 0 Å². The van der Waals surface area contributed by atoms with Crippen molar-refractivity contribution in [2.75, 3.05) is 13.3 Å². The van der Waals surface area contributed by atoms with E-state index in [0.717, 1.165) is 0 Å². The van der Waals surface area contributed by atoms with Crippen LogP contribution in [-0.2, 0) is 4.74 Å². The first-order chi connectivity index (χ1) is 5.61. The summed E-state index contributed by atoms with van der Waals surface area (Å²) >= 11 is 0. The first-order valence-corrected chi connectivity index (χ1v) is 3.71. The van der Waals surface area contributed by atoms with E-state index < -0.39 is 31.8 Å². The van der Waals surface area contributed by atoms with Gasteiger partial charge in [0.15, 0.2) is 6.17 Å². The van der Waals surface area contributed by atoms with Gasteiger partial charge in [-0.2, -0.15) is 0 Å². The molecule has 0 amide bonds. The molecule has 0 fully saturated rings. The molecule has 0 aromatic carbocycles. The molecule has 0 bridgehead atoms. The Morgan fingerprint density at radius 2 is 1.83 bits per heavy atom. The van der Waals surface area contributed by atoms with Crippen LogP contribution in [0.5, 0.6) is 0 Å². The number of rotatable bonds is 6. The van der Waals surface area contributed by atoms with E-state index in [1.165, 1.54) is 0 Å². The van der Waals surface area contributed by atoms with Crippen molar-refractivity contribution in [1.82, 2.24) is 0 Å². The van der Waals surface area contributed by atoms with Crippen LogP contribution >= 0.6 is 0 Å². The molecule has 0 aliphatic carbocycles. The molecule has 1 nitrogen and oxygen atoms in total. The maximum atomic E-state index is 12.5. The summed E-state index contributed by atoms with van der Waals surface area (Å²) in [6.45, 7) is 0.374. The molecule has 0 aliphatic heterocycles. The van der Waals surface area contributed by atoms with Gasteiger partial charge in [0.05, 0.1) is 6.10 Å². The van der Waals surface area contributed by atoms with Gasteiger partial charge >= 0.3 is 0 Å². The fourth-order valence-corrected chi connectivity index (χ4v) is 0.809. The van der Waals surface area contributed by atoms with Crippen LogP contribution < -0.4 is 0 Å². The standard InChI is InChI=1S/C7H12F4O/c1-2-12-6(3-7(10)11)5(9)4-8/h5-7H,2-4H2,1H3. The molecule has 0 rings (SSSR count). The third-order valence-electron chi connectivity index (χ3n) is 1.34. The minimum atomic E-state index is -2.66. The largest absolute Gasteiger partial charge is 0.375 e. The molecule has 0 aromatic heterocycles. The van der Waals surface area contributed by atoms with Gasteiger partial charge in [0.25, 0.3) is 0 Å². The second kappa shape index (κ2) is 6.22. The van der Waals surface area contributed by atoms with E-state index in [1.807, 2.05) is 0 Å². The highest BCUT2D eigenvalue weighted by atomic mass is 19.3. The smallest absolute Gasteiger partial charge is 0.241 e. The Morgan fingerprint density at radius 3 is 2.17 bits per heavy atom. The zero-order chi connectivity index (χ0) is 9.56. The van der Waals surface area contributed by atoms with Gasteiger partial charge in [-0.25, -0.2) is 17.6 Å². The molecule has 0 saturated carbocycles. The number of hydrogen-bond donors (Lipinski definition) is 0. The van der Waals surface area contributed by atoms with Gasteiger partial charge in [-0.05, 0) is 6.92 Å². The van der Waals surface area contributed by atoms with E-state index in [0.29, 0.717) is 0 Å². The van der Waals surface area contributed by atoms with Crippen LogP contribution in [-0.4, -0.2) is 32.0 Å². The first-order valence-electron chi connectivity index (χ1n) is 3.71. The summed E-state index contributed by atoms with van der Waals surface area (Å²) in [5.41, 5.74) is 0. The summed E-state index contributed by atoms with van der Waals surface area (Å²) < 4.78 is 52.3. The van der Waals surface area contributed by atoms with Gasteiger partial charge in [-0.3, -0.25) is 0 Å². The SMILES string of the molecule is CCOC(CC(F)F)C(F)CF. The molecule has 2 unspecified atom stereocenters. The van der Waals surface area contributed by atoms with Gasteiger partial charge in [-0.1, -0.05) is 0 Å². The Bertz CT molecular complexity index is 110. The van der Waals surface area contributed by atoms with Gasteiger partial charge in [0.1, 0.15) is 6.67 Å². The molecule has 5 heteroatoms.